The molecule has 1 aromatic rings. The smallest absolute Gasteiger partial charge is 0.434 e. The topological polar surface area (TPSA) is 103 Å². The second-order valence-electron chi connectivity index (χ2n) is 6.47. The molecule has 2 saturated heterocycles. The van der Waals surface area contributed by atoms with Crippen molar-refractivity contribution in [2.45, 2.75) is 57.7 Å². The van der Waals surface area contributed by atoms with Crippen LogP contribution in [-0.4, -0.2) is 54.5 Å². The summed E-state index contributed by atoms with van der Waals surface area (Å²) in [5.41, 5.74) is 0.146. The second kappa shape index (κ2) is 7.00. The standard InChI is InChI=1S/C16H24N2O7/c1-5-22-8-9-6-18(15(21-4)17-13(9)20)14-12-11(10(7-19)23-14)24-16(2,3)25-12/h6,10-12,14,19H,5,7-8H2,1-4H3/p+1/t10-,11-,12-,14-/m1/s1. The van der Waals surface area contributed by atoms with E-state index in [9.17, 15) is 9.90 Å². The highest BCUT2D eigenvalue weighted by Crippen LogP contribution is 2.41. The lowest BCUT2D eigenvalue weighted by atomic mass is 10.1. The largest absolute Gasteiger partial charge is 0.458 e. The van der Waals surface area contributed by atoms with Crippen molar-refractivity contribution < 1.29 is 33.4 Å². The SMILES string of the molecule is CCOCc1c[n+]([C@@H]2O[C@H](CO)[C@H]3OC(C)(C)O[C@H]32)c(OC)[nH]c1=O. The molecule has 9 heteroatoms. The zero-order valence-electron chi connectivity index (χ0n) is 14.9. The number of hydrogen-bond acceptors (Lipinski definition) is 7. The average molecular weight is 357 g/mol. The van der Waals surface area contributed by atoms with Gasteiger partial charge in [0.25, 0.3) is 0 Å². The van der Waals surface area contributed by atoms with Gasteiger partial charge >= 0.3 is 11.6 Å². The summed E-state index contributed by atoms with van der Waals surface area (Å²) in [6, 6.07) is 0.223. The van der Waals surface area contributed by atoms with Gasteiger partial charge < -0.3 is 28.8 Å². The molecule has 2 N–H and O–H groups in total. The third-order valence-electron chi connectivity index (χ3n) is 4.28. The van der Waals surface area contributed by atoms with E-state index >= 15 is 0 Å². The first-order valence-corrected chi connectivity index (χ1v) is 8.31. The molecule has 9 nitrogen and oxygen atoms in total. The van der Waals surface area contributed by atoms with Gasteiger partial charge in [0.1, 0.15) is 24.0 Å². The Labute approximate surface area is 145 Å². The number of hydrogen-bond donors (Lipinski definition) is 2. The minimum Gasteiger partial charge on any atom is -0.434 e. The summed E-state index contributed by atoms with van der Waals surface area (Å²) in [6.07, 6.45) is -0.377. The number of nitrogens with one attached hydrogen (secondary N) is 1. The maximum absolute atomic E-state index is 12.2. The van der Waals surface area contributed by atoms with Crippen molar-refractivity contribution in [3.63, 3.8) is 0 Å². The Hall–Kier alpha value is -1.52. The van der Waals surface area contributed by atoms with Crippen LogP contribution >= 0.6 is 0 Å². The molecule has 2 fully saturated rings. The average Bonchev–Trinajstić information content (AvgIpc) is 3.06. The Morgan fingerprint density at radius 3 is 2.72 bits per heavy atom. The van der Waals surface area contributed by atoms with Crippen molar-refractivity contribution in [2.75, 3.05) is 20.3 Å². The van der Waals surface area contributed by atoms with E-state index in [0.717, 1.165) is 0 Å². The van der Waals surface area contributed by atoms with Crippen LogP contribution in [0.15, 0.2) is 11.0 Å². The zero-order chi connectivity index (χ0) is 18.2. The minimum absolute atomic E-state index is 0.170. The number of methoxy groups -OCH3 is 1. The third kappa shape index (κ3) is 3.42. The lowest BCUT2D eigenvalue weighted by molar-refractivity contribution is -0.772. The van der Waals surface area contributed by atoms with Gasteiger partial charge in [-0.2, -0.15) is 9.55 Å². The molecule has 0 unspecified atom stereocenters. The molecule has 0 aromatic carbocycles. The second-order valence-corrected chi connectivity index (χ2v) is 6.47. The molecule has 2 aliphatic heterocycles. The Kier molecular flexibility index (Phi) is 5.12. The zero-order valence-corrected chi connectivity index (χ0v) is 14.9. The number of rotatable bonds is 6. The van der Waals surface area contributed by atoms with Crippen LogP contribution < -0.4 is 14.9 Å². The van der Waals surface area contributed by atoms with Gasteiger partial charge in [0.2, 0.25) is 6.23 Å². The van der Waals surface area contributed by atoms with Crippen molar-refractivity contribution in [1.82, 2.24) is 4.98 Å². The molecule has 3 heterocycles. The summed E-state index contributed by atoms with van der Waals surface area (Å²) >= 11 is 0. The molecule has 0 bridgehead atoms. The lowest BCUT2D eigenvalue weighted by Gasteiger charge is -2.23. The molecule has 0 radical (unpaired) electrons. The number of ether oxygens (including phenoxy) is 5. The van der Waals surface area contributed by atoms with Gasteiger partial charge in [0.15, 0.2) is 11.9 Å². The molecule has 0 saturated carbocycles. The summed E-state index contributed by atoms with van der Waals surface area (Å²) < 4.78 is 30.0. The number of nitrogens with zero attached hydrogens (tertiary/aromatic N) is 1. The van der Waals surface area contributed by atoms with E-state index in [-0.39, 0.29) is 24.8 Å². The molecule has 0 aliphatic carbocycles. The maximum atomic E-state index is 12.2. The summed E-state index contributed by atoms with van der Waals surface area (Å²) in [7, 11) is 1.45. The van der Waals surface area contributed by atoms with E-state index in [1.807, 2.05) is 20.8 Å². The molecule has 25 heavy (non-hydrogen) atoms. The van der Waals surface area contributed by atoms with E-state index in [0.29, 0.717) is 12.2 Å². The summed E-state index contributed by atoms with van der Waals surface area (Å²) in [5, 5.41) is 9.61. The van der Waals surface area contributed by atoms with Gasteiger partial charge in [-0.1, -0.05) is 0 Å². The molecular formula is C16H25N2O7+. The molecule has 3 rings (SSSR count). The van der Waals surface area contributed by atoms with Gasteiger partial charge in [0, 0.05) is 6.61 Å². The molecule has 4 atom stereocenters. The molecule has 1 aromatic heterocycles. The number of aliphatic hydroxyl groups excluding tert-OH is 1. The number of H-pyrrole nitrogens is 1. The Morgan fingerprint density at radius 2 is 2.08 bits per heavy atom. The Bertz CT molecular complexity index is 675. The van der Waals surface area contributed by atoms with Crippen LogP contribution in [0.5, 0.6) is 6.01 Å². The minimum atomic E-state index is -0.783. The van der Waals surface area contributed by atoms with Crippen molar-refractivity contribution in [3.8, 4) is 6.01 Å². The number of aromatic amines is 1. The molecule has 2 aliphatic rings. The van der Waals surface area contributed by atoms with E-state index in [1.165, 1.54) is 7.11 Å². The highest BCUT2D eigenvalue weighted by atomic mass is 16.8. The summed E-state index contributed by atoms with van der Waals surface area (Å²) in [5.74, 6) is -0.783. The van der Waals surface area contributed by atoms with Crippen LogP contribution in [0.4, 0.5) is 0 Å². The first kappa shape index (κ1) is 18.3. The van der Waals surface area contributed by atoms with E-state index in [4.69, 9.17) is 23.7 Å². The molecular weight excluding hydrogens is 332 g/mol. The van der Waals surface area contributed by atoms with Crippen LogP contribution in [0.2, 0.25) is 0 Å². The summed E-state index contributed by atoms with van der Waals surface area (Å²) in [6.45, 7) is 5.94. The van der Waals surface area contributed by atoms with E-state index < -0.39 is 30.3 Å². The lowest BCUT2D eigenvalue weighted by Crippen LogP contribution is -2.49. The molecule has 140 valence electrons. The van der Waals surface area contributed by atoms with Crippen molar-refractivity contribution in [1.29, 1.82) is 0 Å². The molecule has 0 amide bonds. The van der Waals surface area contributed by atoms with Gasteiger partial charge in [-0.15, -0.1) is 0 Å². The highest BCUT2D eigenvalue weighted by Gasteiger charge is 2.58. The van der Waals surface area contributed by atoms with Crippen molar-refractivity contribution >= 4 is 0 Å². The van der Waals surface area contributed by atoms with E-state index in [1.54, 1.807) is 10.8 Å². The fourth-order valence-corrected chi connectivity index (χ4v) is 3.22. The van der Waals surface area contributed by atoms with E-state index in [2.05, 4.69) is 4.98 Å². The highest BCUT2D eigenvalue weighted by molar-refractivity contribution is 5.03. The number of aliphatic hydroxyl groups is 1. The van der Waals surface area contributed by atoms with Crippen LogP contribution in [0, 0.1) is 0 Å². The fourth-order valence-electron chi connectivity index (χ4n) is 3.22. The maximum Gasteiger partial charge on any atom is 0.458 e. The number of fused-ring (bicyclic) bond motifs is 1. The van der Waals surface area contributed by atoms with Gasteiger partial charge in [0.05, 0.1) is 20.3 Å². The monoisotopic (exact) mass is 357 g/mol. The first-order valence-electron chi connectivity index (χ1n) is 8.31. The van der Waals surface area contributed by atoms with Gasteiger partial charge in [-0.3, -0.25) is 0 Å². The van der Waals surface area contributed by atoms with Gasteiger partial charge in [-0.25, -0.2) is 4.79 Å². The predicted octanol–water partition coefficient (Wildman–Crippen LogP) is -0.383. The fraction of sp³-hybridized carbons (Fsp3) is 0.750. The normalized spacial score (nSPS) is 30.4. The van der Waals surface area contributed by atoms with Crippen molar-refractivity contribution in [2.24, 2.45) is 0 Å². The van der Waals surface area contributed by atoms with Crippen molar-refractivity contribution in [3.05, 3.63) is 22.1 Å². The first-order chi connectivity index (χ1) is 11.9. The van der Waals surface area contributed by atoms with Crippen LogP contribution in [0.25, 0.3) is 0 Å². The Morgan fingerprint density at radius 1 is 1.36 bits per heavy atom. The van der Waals surface area contributed by atoms with Crippen LogP contribution in [-0.2, 0) is 25.6 Å². The van der Waals surface area contributed by atoms with Gasteiger partial charge in [-0.05, 0) is 20.8 Å². The Balaban J connectivity index is 1.98. The van der Waals surface area contributed by atoms with Crippen LogP contribution in [0.1, 0.15) is 32.6 Å². The third-order valence-corrected chi connectivity index (χ3v) is 4.28. The predicted molar refractivity (Wildman–Crippen MR) is 84.0 cm³/mol. The van der Waals surface area contributed by atoms with Crippen LogP contribution in [0.3, 0.4) is 0 Å². The number of aromatic nitrogens is 2. The quantitative estimate of drug-likeness (QED) is 0.669. The molecule has 0 spiro atoms. The summed E-state index contributed by atoms with van der Waals surface area (Å²) in [4.78, 5) is 14.8.